The van der Waals surface area contributed by atoms with E-state index in [1.54, 1.807) is 0 Å². The Labute approximate surface area is 411 Å². The molecule has 6 heteroatoms. The number of aliphatic hydroxyl groups excluding tert-OH is 2. The Morgan fingerprint density at radius 3 is 1.20 bits per heavy atom. The summed E-state index contributed by atoms with van der Waals surface area (Å²) in [7, 11) is 0. The van der Waals surface area contributed by atoms with Crippen molar-refractivity contribution < 1.29 is 24.5 Å². The maximum Gasteiger partial charge on any atom is 0.305 e. The monoisotopic (exact) mass is 928 g/mol. The lowest BCUT2D eigenvalue weighted by Crippen LogP contribution is -2.45. The summed E-state index contributed by atoms with van der Waals surface area (Å²) in [5.41, 5.74) is 0. The summed E-state index contributed by atoms with van der Waals surface area (Å²) in [6.45, 7) is 4.85. The van der Waals surface area contributed by atoms with E-state index < -0.39 is 12.1 Å². The normalized spacial score (nSPS) is 12.8. The molecule has 2 atom stereocenters. The third-order valence-electron chi connectivity index (χ3n) is 13.4. The van der Waals surface area contributed by atoms with Crippen molar-refractivity contribution in [3.8, 4) is 0 Å². The van der Waals surface area contributed by atoms with Crippen LogP contribution in [0.1, 0.15) is 309 Å². The second-order valence-corrected chi connectivity index (χ2v) is 20.0. The summed E-state index contributed by atoms with van der Waals surface area (Å²) < 4.78 is 5.44. The molecule has 66 heavy (non-hydrogen) atoms. The van der Waals surface area contributed by atoms with Gasteiger partial charge in [-0.1, -0.05) is 249 Å². The van der Waals surface area contributed by atoms with Crippen LogP contribution in [0.15, 0.2) is 36.5 Å². The number of aliphatic hydroxyl groups is 2. The van der Waals surface area contributed by atoms with E-state index in [9.17, 15) is 19.8 Å². The van der Waals surface area contributed by atoms with Crippen LogP contribution in [0.3, 0.4) is 0 Å². The number of rotatable bonds is 54. The molecule has 3 N–H and O–H groups in total. The number of carbonyl (C=O) groups is 2. The number of carbonyl (C=O) groups excluding carboxylic acids is 2. The van der Waals surface area contributed by atoms with Gasteiger partial charge in [-0.3, -0.25) is 9.59 Å². The van der Waals surface area contributed by atoms with Crippen LogP contribution < -0.4 is 5.32 Å². The summed E-state index contributed by atoms with van der Waals surface area (Å²) >= 11 is 0. The minimum absolute atomic E-state index is 0.0435. The van der Waals surface area contributed by atoms with E-state index in [0.717, 1.165) is 83.5 Å². The molecule has 0 saturated heterocycles. The first-order valence-corrected chi connectivity index (χ1v) is 29.2. The van der Waals surface area contributed by atoms with E-state index >= 15 is 0 Å². The molecular formula is C60H113NO5. The molecule has 0 bridgehead atoms. The van der Waals surface area contributed by atoms with Crippen LogP contribution in [0.2, 0.25) is 0 Å². The van der Waals surface area contributed by atoms with E-state index in [1.807, 2.05) is 0 Å². The number of hydrogen-bond donors (Lipinski definition) is 3. The highest BCUT2D eigenvalue weighted by atomic mass is 16.5. The SMILES string of the molecule is CCCCC/C=C\C/C=C\CCCCCCCCCC(=O)OCCCC/C=C\CCCCCCC(=O)NC(CO)C(O)CCCCCCCCCCCCCCCCCCCCCCCC. The quantitative estimate of drug-likeness (QED) is 0.0321. The molecule has 0 aliphatic carbocycles. The molecule has 6 nitrogen and oxygen atoms in total. The molecule has 0 radical (unpaired) electrons. The van der Waals surface area contributed by atoms with Gasteiger partial charge in [0, 0.05) is 12.8 Å². The molecule has 0 heterocycles. The molecule has 0 fully saturated rings. The Kier molecular flexibility index (Phi) is 54.1. The number of ether oxygens (including phenoxy) is 1. The van der Waals surface area contributed by atoms with Gasteiger partial charge < -0.3 is 20.3 Å². The average molecular weight is 929 g/mol. The average Bonchev–Trinajstić information content (AvgIpc) is 3.32. The van der Waals surface area contributed by atoms with Gasteiger partial charge >= 0.3 is 5.97 Å². The van der Waals surface area contributed by atoms with Gasteiger partial charge in [-0.2, -0.15) is 0 Å². The van der Waals surface area contributed by atoms with Gasteiger partial charge in [0.25, 0.3) is 0 Å². The van der Waals surface area contributed by atoms with Crippen molar-refractivity contribution in [3.05, 3.63) is 36.5 Å². The number of unbranched alkanes of at least 4 members (excludes halogenated alkanes) is 37. The van der Waals surface area contributed by atoms with Crippen molar-refractivity contribution in [1.29, 1.82) is 0 Å². The molecule has 0 aliphatic rings. The molecule has 0 aliphatic heterocycles. The zero-order valence-corrected chi connectivity index (χ0v) is 44.2. The van der Waals surface area contributed by atoms with Crippen molar-refractivity contribution in [2.45, 2.75) is 321 Å². The van der Waals surface area contributed by atoms with E-state index in [4.69, 9.17) is 4.74 Å². The van der Waals surface area contributed by atoms with Crippen LogP contribution in [0.5, 0.6) is 0 Å². The summed E-state index contributed by atoms with van der Waals surface area (Å²) in [5.74, 6) is -0.113. The van der Waals surface area contributed by atoms with Gasteiger partial charge in [-0.05, 0) is 83.5 Å². The Balaban J connectivity index is 3.51. The van der Waals surface area contributed by atoms with Crippen LogP contribution in [0.4, 0.5) is 0 Å². The summed E-state index contributed by atoms with van der Waals surface area (Å²) in [6, 6.07) is -0.569. The number of esters is 1. The number of hydrogen-bond acceptors (Lipinski definition) is 5. The Morgan fingerprint density at radius 1 is 0.424 bits per heavy atom. The third-order valence-corrected chi connectivity index (χ3v) is 13.4. The van der Waals surface area contributed by atoms with Gasteiger partial charge in [0.2, 0.25) is 5.91 Å². The fraction of sp³-hybridized carbons (Fsp3) is 0.867. The highest BCUT2D eigenvalue weighted by Gasteiger charge is 2.20. The van der Waals surface area contributed by atoms with Crippen LogP contribution in [0, 0.1) is 0 Å². The first-order valence-electron chi connectivity index (χ1n) is 29.2. The number of allylic oxidation sites excluding steroid dienone is 6. The highest BCUT2D eigenvalue weighted by molar-refractivity contribution is 5.76. The van der Waals surface area contributed by atoms with Crippen molar-refractivity contribution in [1.82, 2.24) is 5.32 Å². The van der Waals surface area contributed by atoms with Crippen molar-refractivity contribution in [3.63, 3.8) is 0 Å². The topological polar surface area (TPSA) is 95.9 Å². The fourth-order valence-electron chi connectivity index (χ4n) is 8.90. The van der Waals surface area contributed by atoms with Gasteiger partial charge in [0.15, 0.2) is 0 Å². The predicted molar refractivity (Wildman–Crippen MR) is 287 cm³/mol. The first-order chi connectivity index (χ1) is 32.5. The molecule has 388 valence electrons. The second kappa shape index (κ2) is 55.7. The Morgan fingerprint density at radius 2 is 0.758 bits per heavy atom. The lowest BCUT2D eigenvalue weighted by molar-refractivity contribution is -0.143. The standard InChI is InChI=1S/C60H113NO5/c1-3-5-7-9-11-13-15-17-19-21-22-23-24-25-27-28-30-32-36-40-44-48-52-58(63)57(56-62)61-59(64)53-49-45-41-37-34-35-39-43-47-51-55-66-60(65)54-50-46-42-38-33-31-29-26-20-18-16-14-12-10-8-6-4-2/h12,14,18,20,35,39,57-58,62-63H,3-11,13,15-17,19,21-34,36-38,40-56H2,1-2H3,(H,61,64)/b14-12-,20-18-,39-35-. The first kappa shape index (κ1) is 64.1. The maximum absolute atomic E-state index is 12.5. The molecule has 0 spiro atoms. The highest BCUT2D eigenvalue weighted by Crippen LogP contribution is 2.17. The van der Waals surface area contributed by atoms with E-state index in [0.29, 0.717) is 25.9 Å². The van der Waals surface area contributed by atoms with Gasteiger partial charge in [-0.25, -0.2) is 0 Å². The second-order valence-electron chi connectivity index (χ2n) is 20.0. The van der Waals surface area contributed by atoms with Crippen LogP contribution >= 0.6 is 0 Å². The Bertz CT molecular complexity index is 1070. The summed E-state index contributed by atoms with van der Waals surface area (Å²) in [5, 5.41) is 23.3. The molecule has 2 unspecified atom stereocenters. The minimum atomic E-state index is -0.688. The van der Waals surface area contributed by atoms with Crippen LogP contribution in [0.25, 0.3) is 0 Å². The summed E-state index contributed by atoms with van der Waals surface area (Å²) in [4.78, 5) is 24.6. The third kappa shape index (κ3) is 51.5. The molecule has 0 rings (SSSR count). The molecule has 0 aromatic carbocycles. The maximum atomic E-state index is 12.5. The lowest BCUT2D eigenvalue weighted by Gasteiger charge is -2.22. The number of amides is 1. The van der Waals surface area contributed by atoms with Crippen molar-refractivity contribution in [2.75, 3.05) is 13.2 Å². The molecule has 1 amide bonds. The minimum Gasteiger partial charge on any atom is -0.466 e. The predicted octanol–water partition coefficient (Wildman–Crippen LogP) is 18.0. The number of nitrogens with one attached hydrogen (secondary N) is 1. The van der Waals surface area contributed by atoms with Crippen LogP contribution in [-0.4, -0.2) is 47.4 Å². The fourth-order valence-corrected chi connectivity index (χ4v) is 8.90. The van der Waals surface area contributed by atoms with Gasteiger partial charge in [-0.15, -0.1) is 0 Å². The van der Waals surface area contributed by atoms with E-state index in [-0.39, 0.29) is 18.5 Å². The molecule has 0 saturated carbocycles. The van der Waals surface area contributed by atoms with Crippen molar-refractivity contribution in [2.24, 2.45) is 0 Å². The zero-order chi connectivity index (χ0) is 47.9. The smallest absolute Gasteiger partial charge is 0.305 e. The van der Waals surface area contributed by atoms with Gasteiger partial charge in [0.1, 0.15) is 0 Å². The Hall–Kier alpha value is -1.92. The van der Waals surface area contributed by atoms with Gasteiger partial charge in [0.05, 0.1) is 25.4 Å². The van der Waals surface area contributed by atoms with E-state index in [1.165, 1.54) is 193 Å². The molecular weight excluding hydrogens is 815 g/mol. The molecule has 0 aromatic rings. The largest absolute Gasteiger partial charge is 0.466 e. The van der Waals surface area contributed by atoms with Crippen molar-refractivity contribution >= 4 is 11.9 Å². The summed E-state index contributed by atoms with van der Waals surface area (Å²) in [6.07, 6.45) is 68.5. The molecule has 0 aromatic heterocycles. The van der Waals surface area contributed by atoms with Crippen LogP contribution in [-0.2, 0) is 14.3 Å². The zero-order valence-electron chi connectivity index (χ0n) is 44.2. The van der Waals surface area contributed by atoms with E-state index in [2.05, 4.69) is 55.6 Å². The lowest BCUT2D eigenvalue weighted by atomic mass is 10.0.